The Balaban J connectivity index is 2.39. The largest absolute Gasteiger partial charge is 0.243 e. The number of benzene rings is 1. The summed E-state index contributed by atoms with van der Waals surface area (Å²) in [5.41, 5.74) is 0.218. The first-order valence-electron chi connectivity index (χ1n) is 6.37. The second kappa shape index (κ2) is 5.77. The van der Waals surface area contributed by atoms with Gasteiger partial charge in [-0.2, -0.15) is 4.31 Å². The summed E-state index contributed by atoms with van der Waals surface area (Å²) in [4.78, 5) is 0.130. The number of sulfonamides is 1. The SMILES string of the molecule is CCC1CCCN1S(=O)(=O)c1ccc(F)c(CCl)c1. The summed E-state index contributed by atoms with van der Waals surface area (Å²) in [6, 6.07) is 3.87. The summed E-state index contributed by atoms with van der Waals surface area (Å²) in [6.07, 6.45) is 2.56. The van der Waals surface area contributed by atoms with Gasteiger partial charge in [-0.3, -0.25) is 0 Å². The monoisotopic (exact) mass is 305 g/mol. The third-order valence-electron chi connectivity index (χ3n) is 3.56. The van der Waals surface area contributed by atoms with E-state index in [-0.39, 0.29) is 22.4 Å². The molecule has 1 aliphatic heterocycles. The molecule has 2 rings (SSSR count). The summed E-state index contributed by atoms with van der Waals surface area (Å²) >= 11 is 5.62. The molecule has 0 aliphatic carbocycles. The number of alkyl halides is 1. The minimum absolute atomic E-state index is 0.0353. The van der Waals surface area contributed by atoms with Crippen LogP contribution in [0.4, 0.5) is 4.39 Å². The van der Waals surface area contributed by atoms with Gasteiger partial charge in [-0.15, -0.1) is 11.6 Å². The van der Waals surface area contributed by atoms with E-state index in [1.54, 1.807) is 0 Å². The van der Waals surface area contributed by atoms with Gasteiger partial charge in [0.1, 0.15) is 5.82 Å². The number of nitrogens with zero attached hydrogens (tertiary/aromatic N) is 1. The number of halogens is 2. The first kappa shape index (κ1) is 14.8. The third kappa shape index (κ3) is 2.78. The molecule has 1 fully saturated rings. The fourth-order valence-corrected chi connectivity index (χ4v) is 4.51. The van der Waals surface area contributed by atoms with E-state index in [0.29, 0.717) is 6.54 Å². The Bertz CT molecular complexity index is 562. The molecule has 0 bridgehead atoms. The van der Waals surface area contributed by atoms with E-state index in [9.17, 15) is 12.8 Å². The normalized spacial score (nSPS) is 20.9. The van der Waals surface area contributed by atoms with E-state index in [2.05, 4.69) is 0 Å². The molecule has 0 radical (unpaired) electrons. The van der Waals surface area contributed by atoms with E-state index < -0.39 is 15.8 Å². The average molecular weight is 306 g/mol. The lowest BCUT2D eigenvalue weighted by molar-refractivity contribution is 0.379. The van der Waals surface area contributed by atoms with Crippen LogP contribution in [0.1, 0.15) is 31.7 Å². The first-order chi connectivity index (χ1) is 9.00. The van der Waals surface area contributed by atoms with E-state index >= 15 is 0 Å². The van der Waals surface area contributed by atoms with Crippen molar-refractivity contribution in [1.82, 2.24) is 4.31 Å². The highest BCUT2D eigenvalue weighted by Crippen LogP contribution is 2.28. The quantitative estimate of drug-likeness (QED) is 0.802. The molecule has 0 N–H and O–H groups in total. The Hall–Kier alpha value is -0.650. The zero-order valence-corrected chi connectivity index (χ0v) is 12.3. The van der Waals surface area contributed by atoms with Gasteiger partial charge < -0.3 is 0 Å². The van der Waals surface area contributed by atoms with Crippen LogP contribution < -0.4 is 0 Å². The highest BCUT2D eigenvalue weighted by Gasteiger charge is 2.34. The second-order valence-electron chi connectivity index (χ2n) is 4.71. The topological polar surface area (TPSA) is 37.4 Å². The van der Waals surface area contributed by atoms with Crippen molar-refractivity contribution in [2.45, 2.75) is 43.0 Å². The summed E-state index contributed by atoms with van der Waals surface area (Å²) in [6.45, 7) is 2.52. The van der Waals surface area contributed by atoms with Crippen molar-refractivity contribution in [1.29, 1.82) is 0 Å². The second-order valence-corrected chi connectivity index (χ2v) is 6.86. The molecule has 3 nitrogen and oxygen atoms in total. The van der Waals surface area contributed by atoms with Crippen molar-refractivity contribution >= 4 is 21.6 Å². The fourth-order valence-electron chi connectivity index (χ4n) is 2.48. The maximum absolute atomic E-state index is 13.4. The summed E-state index contributed by atoms with van der Waals surface area (Å²) in [5.74, 6) is -0.505. The Morgan fingerprint density at radius 2 is 2.21 bits per heavy atom. The predicted octanol–water partition coefficient (Wildman–Crippen LogP) is 3.13. The highest BCUT2D eigenvalue weighted by molar-refractivity contribution is 7.89. The van der Waals surface area contributed by atoms with E-state index in [1.807, 2.05) is 6.92 Å². The van der Waals surface area contributed by atoms with Crippen molar-refractivity contribution in [3.63, 3.8) is 0 Å². The van der Waals surface area contributed by atoms with Crippen molar-refractivity contribution in [3.8, 4) is 0 Å². The Kier molecular flexibility index (Phi) is 4.48. The number of hydrogen-bond donors (Lipinski definition) is 0. The number of rotatable bonds is 4. The van der Waals surface area contributed by atoms with Gasteiger partial charge >= 0.3 is 0 Å². The summed E-state index contributed by atoms with van der Waals surface area (Å²) in [5, 5.41) is 0. The Morgan fingerprint density at radius 1 is 1.47 bits per heavy atom. The van der Waals surface area contributed by atoms with Crippen LogP contribution in [-0.4, -0.2) is 25.3 Å². The van der Waals surface area contributed by atoms with Crippen molar-refractivity contribution < 1.29 is 12.8 Å². The van der Waals surface area contributed by atoms with Crippen molar-refractivity contribution in [2.24, 2.45) is 0 Å². The van der Waals surface area contributed by atoms with Crippen LogP contribution in [0.2, 0.25) is 0 Å². The van der Waals surface area contributed by atoms with Crippen molar-refractivity contribution in [2.75, 3.05) is 6.54 Å². The Labute approximate surface area is 118 Å². The minimum atomic E-state index is -3.54. The van der Waals surface area contributed by atoms with Crippen LogP contribution in [0.5, 0.6) is 0 Å². The van der Waals surface area contributed by atoms with Crippen molar-refractivity contribution in [3.05, 3.63) is 29.6 Å². The first-order valence-corrected chi connectivity index (χ1v) is 8.34. The zero-order valence-electron chi connectivity index (χ0n) is 10.8. The van der Waals surface area contributed by atoms with Gasteiger partial charge in [0.05, 0.1) is 10.8 Å². The van der Waals surface area contributed by atoms with Gasteiger partial charge in [-0.1, -0.05) is 6.92 Å². The van der Waals surface area contributed by atoms with Crippen LogP contribution >= 0.6 is 11.6 Å². The predicted molar refractivity (Wildman–Crippen MR) is 73.2 cm³/mol. The molecule has 0 amide bonds. The van der Waals surface area contributed by atoms with Gasteiger partial charge in [0.15, 0.2) is 0 Å². The van der Waals surface area contributed by atoms with Gasteiger partial charge in [0.2, 0.25) is 10.0 Å². The molecule has 1 aromatic rings. The zero-order chi connectivity index (χ0) is 14.0. The summed E-state index contributed by atoms with van der Waals surface area (Å²) in [7, 11) is -3.54. The molecule has 106 valence electrons. The van der Waals surface area contributed by atoms with E-state index in [1.165, 1.54) is 22.5 Å². The minimum Gasteiger partial charge on any atom is -0.207 e. The maximum atomic E-state index is 13.4. The standard InChI is InChI=1S/C13H17ClFNO2S/c1-2-11-4-3-7-16(11)19(17,18)12-5-6-13(15)10(8-12)9-14/h5-6,8,11H,2-4,7,9H2,1H3. The molecule has 1 unspecified atom stereocenters. The van der Waals surface area contributed by atoms with Gasteiger partial charge in [-0.25, -0.2) is 12.8 Å². The van der Waals surface area contributed by atoms with Gasteiger partial charge in [-0.05, 0) is 37.5 Å². The molecule has 1 aromatic carbocycles. The van der Waals surface area contributed by atoms with E-state index in [0.717, 1.165) is 19.3 Å². The molecule has 1 heterocycles. The fraction of sp³-hybridized carbons (Fsp3) is 0.538. The van der Waals surface area contributed by atoms with Gasteiger partial charge in [0, 0.05) is 18.2 Å². The van der Waals surface area contributed by atoms with Crippen LogP contribution in [0.15, 0.2) is 23.1 Å². The molecular weight excluding hydrogens is 289 g/mol. The smallest absolute Gasteiger partial charge is 0.207 e. The lowest BCUT2D eigenvalue weighted by atomic mass is 10.2. The molecule has 19 heavy (non-hydrogen) atoms. The van der Waals surface area contributed by atoms with Crippen LogP contribution in [0.3, 0.4) is 0 Å². The molecule has 1 atom stereocenters. The molecule has 1 aliphatic rings. The molecule has 1 saturated heterocycles. The molecule has 0 aromatic heterocycles. The average Bonchev–Trinajstić information content (AvgIpc) is 2.88. The van der Waals surface area contributed by atoms with Crippen LogP contribution in [0, 0.1) is 5.82 Å². The molecule has 0 saturated carbocycles. The Morgan fingerprint density at radius 3 is 2.84 bits per heavy atom. The lowest BCUT2D eigenvalue weighted by Crippen LogP contribution is -2.35. The van der Waals surface area contributed by atoms with Gasteiger partial charge in [0.25, 0.3) is 0 Å². The maximum Gasteiger partial charge on any atom is 0.243 e. The lowest BCUT2D eigenvalue weighted by Gasteiger charge is -2.23. The molecular formula is C13H17ClFNO2S. The third-order valence-corrected chi connectivity index (χ3v) is 5.80. The van der Waals surface area contributed by atoms with Crippen LogP contribution in [0.25, 0.3) is 0 Å². The number of hydrogen-bond acceptors (Lipinski definition) is 2. The molecule has 0 spiro atoms. The molecule has 6 heteroatoms. The highest BCUT2D eigenvalue weighted by atomic mass is 35.5. The van der Waals surface area contributed by atoms with E-state index in [4.69, 9.17) is 11.6 Å². The van der Waals surface area contributed by atoms with Crippen LogP contribution in [-0.2, 0) is 15.9 Å². The summed E-state index contributed by atoms with van der Waals surface area (Å²) < 4.78 is 40.0.